The molecule has 1 fully saturated rings. The minimum atomic E-state index is 0.736. The van der Waals surface area contributed by atoms with E-state index in [4.69, 9.17) is 4.42 Å². The summed E-state index contributed by atoms with van der Waals surface area (Å²) in [5.41, 5.74) is 1.32. The third kappa shape index (κ3) is 4.08. The van der Waals surface area contributed by atoms with Crippen molar-refractivity contribution in [3.63, 3.8) is 0 Å². The van der Waals surface area contributed by atoms with Gasteiger partial charge in [-0.05, 0) is 38.4 Å². The second-order valence-electron chi connectivity index (χ2n) is 5.53. The van der Waals surface area contributed by atoms with Crippen molar-refractivity contribution >= 4 is 0 Å². The minimum Gasteiger partial charge on any atom is -0.468 e. The lowest BCUT2D eigenvalue weighted by Gasteiger charge is -2.28. The predicted molar refractivity (Wildman–Crippen MR) is 79.0 cm³/mol. The van der Waals surface area contributed by atoms with Crippen molar-refractivity contribution in [2.75, 3.05) is 13.1 Å². The van der Waals surface area contributed by atoms with Crippen LogP contribution in [0, 0.1) is 0 Å². The standard InChI is InChI=1S/C16H28N2O/c1-3-15-8-6-5-7-10-18(15)13-16-14(9-11-19-16)12-17-4-2/h9,11,15,17H,3-8,10,12-13H2,1-2H3. The van der Waals surface area contributed by atoms with E-state index in [2.05, 4.69) is 30.1 Å². The fourth-order valence-electron chi connectivity index (χ4n) is 3.01. The average molecular weight is 264 g/mol. The molecular weight excluding hydrogens is 236 g/mol. The number of nitrogens with zero attached hydrogens (tertiary/aromatic N) is 1. The van der Waals surface area contributed by atoms with Gasteiger partial charge in [0.2, 0.25) is 0 Å². The highest BCUT2D eigenvalue weighted by Gasteiger charge is 2.21. The molecule has 2 heterocycles. The highest BCUT2D eigenvalue weighted by atomic mass is 16.3. The van der Waals surface area contributed by atoms with Gasteiger partial charge in [0.25, 0.3) is 0 Å². The van der Waals surface area contributed by atoms with Gasteiger partial charge >= 0.3 is 0 Å². The molecule has 3 nitrogen and oxygen atoms in total. The molecule has 1 aliphatic heterocycles. The summed E-state index contributed by atoms with van der Waals surface area (Å²) >= 11 is 0. The van der Waals surface area contributed by atoms with Gasteiger partial charge in [0, 0.05) is 18.2 Å². The first-order valence-corrected chi connectivity index (χ1v) is 7.85. The number of nitrogens with one attached hydrogen (secondary N) is 1. The minimum absolute atomic E-state index is 0.736. The van der Waals surface area contributed by atoms with Crippen LogP contribution in [0.1, 0.15) is 57.3 Å². The van der Waals surface area contributed by atoms with Gasteiger partial charge in [-0.2, -0.15) is 0 Å². The molecule has 1 unspecified atom stereocenters. The molecule has 2 rings (SSSR count). The Hall–Kier alpha value is -0.800. The van der Waals surface area contributed by atoms with Crippen LogP contribution in [0.4, 0.5) is 0 Å². The van der Waals surface area contributed by atoms with E-state index in [-0.39, 0.29) is 0 Å². The molecule has 0 radical (unpaired) electrons. The monoisotopic (exact) mass is 264 g/mol. The molecule has 0 bridgehead atoms. The van der Waals surface area contributed by atoms with E-state index in [0.717, 1.165) is 31.4 Å². The van der Waals surface area contributed by atoms with E-state index in [1.807, 2.05) is 6.26 Å². The van der Waals surface area contributed by atoms with Gasteiger partial charge in [0.1, 0.15) is 5.76 Å². The summed E-state index contributed by atoms with van der Waals surface area (Å²) in [6.07, 6.45) is 8.54. The molecule has 1 saturated heterocycles. The van der Waals surface area contributed by atoms with Crippen molar-refractivity contribution in [3.05, 3.63) is 23.7 Å². The van der Waals surface area contributed by atoms with Crippen LogP contribution >= 0.6 is 0 Å². The largest absolute Gasteiger partial charge is 0.468 e. The van der Waals surface area contributed by atoms with Crippen LogP contribution in [0.2, 0.25) is 0 Å². The fourth-order valence-corrected chi connectivity index (χ4v) is 3.01. The summed E-state index contributed by atoms with van der Waals surface area (Å²) in [6, 6.07) is 2.84. The van der Waals surface area contributed by atoms with Crippen LogP contribution in [0.5, 0.6) is 0 Å². The van der Waals surface area contributed by atoms with Gasteiger partial charge in [-0.3, -0.25) is 4.90 Å². The Morgan fingerprint density at radius 2 is 2.21 bits per heavy atom. The lowest BCUT2D eigenvalue weighted by atomic mass is 10.1. The quantitative estimate of drug-likeness (QED) is 0.852. The summed E-state index contributed by atoms with van der Waals surface area (Å²) in [4.78, 5) is 2.63. The maximum absolute atomic E-state index is 5.72. The van der Waals surface area contributed by atoms with Crippen LogP contribution in [0.15, 0.2) is 16.7 Å². The first-order chi connectivity index (χ1) is 9.35. The van der Waals surface area contributed by atoms with Crippen molar-refractivity contribution in [2.45, 2.75) is 65.1 Å². The normalized spacial score (nSPS) is 21.5. The van der Waals surface area contributed by atoms with Crippen LogP contribution in [-0.4, -0.2) is 24.0 Å². The Bertz CT molecular complexity index is 361. The molecule has 1 aromatic heterocycles. The van der Waals surface area contributed by atoms with Crippen LogP contribution in [0.25, 0.3) is 0 Å². The Kier molecular flexibility index (Phi) is 5.93. The molecule has 19 heavy (non-hydrogen) atoms. The molecule has 0 amide bonds. The van der Waals surface area contributed by atoms with E-state index in [1.54, 1.807) is 0 Å². The van der Waals surface area contributed by atoms with Gasteiger partial charge in [0.15, 0.2) is 0 Å². The summed E-state index contributed by atoms with van der Waals surface area (Å²) in [5.74, 6) is 1.15. The molecule has 1 aromatic rings. The van der Waals surface area contributed by atoms with E-state index in [9.17, 15) is 0 Å². The summed E-state index contributed by atoms with van der Waals surface area (Å²) < 4.78 is 5.72. The van der Waals surface area contributed by atoms with Crippen molar-refractivity contribution in [1.82, 2.24) is 10.2 Å². The number of likely N-dealkylation sites (tertiary alicyclic amines) is 1. The van der Waals surface area contributed by atoms with Gasteiger partial charge in [-0.15, -0.1) is 0 Å². The highest BCUT2D eigenvalue weighted by molar-refractivity contribution is 5.17. The molecule has 1 N–H and O–H groups in total. The summed E-state index contributed by atoms with van der Waals surface area (Å²) in [5, 5.41) is 3.39. The second kappa shape index (κ2) is 7.71. The SMILES string of the molecule is CCNCc1ccoc1CN1CCCCCC1CC. The number of rotatable bonds is 6. The molecule has 0 saturated carbocycles. The topological polar surface area (TPSA) is 28.4 Å². The molecule has 108 valence electrons. The fraction of sp³-hybridized carbons (Fsp3) is 0.750. The summed E-state index contributed by atoms with van der Waals surface area (Å²) in [6.45, 7) is 8.58. The Morgan fingerprint density at radius 3 is 3.00 bits per heavy atom. The first-order valence-electron chi connectivity index (χ1n) is 7.85. The smallest absolute Gasteiger partial charge is 0.122 e. The zero-order valence-corrected chi connectivity index (χ0v) is 12.5. The van der Waals surface area contributed by atoms with Crippen molar-refractivity contribution < 1.29 is 4.42 Å². The van der Waals surface area contributed by atoms with E-state index < -0.39 is 0 Å². The first kappa shape index (κ1) is 14.6. The number of hydrogen-bond acceptors (Lipinski definition) is 3. The van der Waals surface area contributed by atoms with Crippen LogP contribution in [0.3, 0.4) is 0 Å². The Labute approximate surface area is 117 Å². The maximum Gasteiger partial charge on any atom is 0.122 e. The maximum atomic E-state index is 5.72. The van der Waals surface area contributed by atoms with Gasteiger partial charge in [-0.1, -0.05) is 26.7 Å². The lowest BCUT2D eigenvalue weighted by Crippen LogP contribution is -2.34. The molecule has 3 heteroatoms. The van der Waals surface area contributed by atoms with Crippen molar-refractivity contribution in [2.24, 2.45) is 0 Å². The zero-order chi connectivity index (χ0) is 13.5. The third-order valence-corrected chi connectivity index (χ3v) is 4.22. The van der Waals surface area contributed by atoms with E-state index >= 15 is 0 Å². The number of furan rings is 1. The summed E-state index contributed by atoms with van der Waals surface area (Å²) in [7, 11) is 0. The average Bonchev–Trinajstić information content (AvgIpc) is 2.73. The number of hydrogen-bond donors (Lipinski definition) is 1. The van der Waals surface area contributed by atoms with Crippen molar-refractivity contribution in [1.29, 1.82) is 0 Å². The molecular formula is C16H28N2O. The van der Waals surface area contributed by atoms with E-state index in [0.29, 0.717) is 0 Å². The lowest BCUT2D eigenvalue weighted by molar-refractivity contribution is 0.171. The molecule has 0 spiro atoms. The Morgan fingerprint density at radius 1 is 1.32 bits per heavy atom. The van der Waals surface area contributed by atoms with E-state index in [1.165, 1.54) is 44.2 Å². The molecule has 0 aromatic carbocycles. The van der Waals surface area contributed by atoms with Gasteiger partial charge < -0.3 is 9.73 Å². The van der Waals surface area contributed by atoms with Gasteiger partial charge in [-0.25, -0.2) is 0 Å². The molecule has 1 atom stereocenters. The Balaban J connectivity index is 1.99. The molecule has 0 aliphatic carbocycles. The molecule has 1 aliphatic rings. The second-order valence-corrected chi connectivity index (χ2v) is 5.53. The highest BCUT2D eigenvalue weighted by Crippen LogP contribution is 2.23. The predicted octanol–water partition coefficient (Wildman–Crippen LogP) is 3.54. The van der Waals surface area contributed by atoms with Crippen LogP contribution < -0.4 is 5.32 Å². The van der Waals surface area contributed by atoms with Crippen molar-refractivity contribution in [3.8, 4) is 0 Å². The van der Waals surface area contributed by atoms with Crippen LogP contribution in [-0.2, 0) is 13.1 Å². The zero-order valence-electron chi connectivity index (χ0n) is 12.5. The van der Waals surface area contributed by atoms with Gasteiger partial charge in [0.05, 0.1) is 12.8 Å². The third-order valence-electron chi connectivity index (χ3n) is 4.22.